The van der Waals surface area contributed by atoms with Crippen molar-refractivity contribution in [2.24, 2.45) is 0 Å². The summed E-state index contributed by atoms with van der Waals surface area (Å²) < 4.78 is 8.87. The van der Waals surface area contributed by atoms with Crippen LogP contribution in [0.1, 0.15) is 0 Å². The number of fused-ring (bicyclic) bond motifs is 7. The fourth-order valence-electron chi connectivity index (χ4n) is 8.25. The Morgan fingerprint density at radius 1 is 0.345 bits per heavy atom. The normalized spacial score (nSPS) is 11.6. The third-order valence-electron chi connectivity index (χ3n) is 10.9. The Kier molecular flexibility index (Phi) is 7.39. The van der Waals surface area contributed by atoms with E-state index in [9.17, 15) is 0 Å². The van der Waals surface area contributed by atoms with Crippen LogP contribution in [0, 0.1) is 0 Å². The standard InChI is InChI=1S/C52H33NOS/c1-2-11-37-32-39(23-22-34(37)10-1)38-12-7-13-42(33-38)53(40-28-24-35(25-29-40)43-16-8-19-48-51(43)45-14-3-5-18-47(45)54-48)41-30-26-36(27-31-41)44-17-9-21-50-52(44)46-15-4-6-20-49(46)55-50/h1-33H. The van der Waals surface area contributed by atoms with E-state index in [4.69, 9.17) is 4.42 Å². The number of furan rings is 1. The molecule has 0 radical (unpaired) electrons. The molecule has 55 heavy (non-hydrogen) atoms. The molecule has 0 atom stereocenters. The van der Waals surface area contributed by atoms with Crippen molar-refractivity contribution in [1.82, 2.24) is 0 Å². The van der Waals surface area contributed by atoms with Crippen molar-refractivity contribution >= 4 is 81.3 Å². The van der Waals surface area contributed by atoms with E-state index < -0.39 is 0 Å². The Balaban J connectivity index is 1.03. The fraction of sp³-hybridized carbons (Fsp3) is 0. The molecule has 0 aliphatic heterocycles. The molecular weight excluding hydrogens is 687 g/mol. The molecule has 2 nitrogen and oxygen atoms in total. The summed E-state index contributed by atoms with van der Waals surface area (Å²) >= 11 is 1.86. The molecule has 0 aliphatic rings. The van der Waals surface area contributed by atoms with Gasteiger partial charge >= 0.3 is 0 Å². The van der Waals surface area contributed by atoms with Gasteiger partial charge in [-0.1, -0.05) is 133 Å². The predicted molar refractivity (Wildman–Crippen MR) is 235 cm³/mol. The number of hydrogen-bond donors (Lipinski definition) is 0. The highest BCUT2D eigenvalue weighted by molar-refractivity contribution is 7.25. The van der Waals surface area contributed by atoms with Crippen LogP contribution in [0.4, 0.5) is 17.1 Å². The highest BCUT2D eigenvalue weighted by Crippen LogP contribution is 2.43. The van der Waals surface area contributed by atoms with E-state index in [1.165, 1.54) is 58.8 Å². The van der Waals surface area contributed by atoms with Crippen LogP contribution in [0.15, 0.2) is 205 Å². The van der Waals surface area contributed by atoms with E-state index in [0.29, 0.717) is 0 Å². The van der Waals surface area contributed by atoms with Gasteiger partial charge in [-0.05, 0) is 111 Å². The number of hydrogen-bond acceptors (Lipinski definition) is 3. The second kappa shape index (κ2) is 12.9. The zero-order valence-corrected chi connectivity index (χ0v) is 30.6. The number of anilines is 3. The Morgan fingerprint density at radius 2 is 0.927 bits per heavy atom. The van der Waals surface area contributed by atoms with Gasteiger partial charge in [0, 0.05) is 48.0 Å². The van der Waals surface area contributed by atoms with E-state index in [1.54, 1.807) is 0 Å². The first-order chi connectivity index (χ1) is 27.2. The van der Waals surface area contributed by atoms with E-state index in [-0.39, 0.29) is 0 Å². The van der Waals surface area contributed by atoms with Gasteiger partial charge in [0.05, 0.1) is 0 Å². The molecular formula is C52H33NOS. The van der Waals surface area contributed by atoms with Gasteiger partial charge in [0.15, 0.2) is 0 Å². The lowest BCUT2D eigenvalue weighted by Crippen LogP contribution is -2.10. The quantitative estimate of drug-likeness (QED) is 0.170. The molecule has 0 bridgehead atoms. The highest BCUT2D eigenvalue weighted by atomic mass is 32.1. The van der Waals surface area contributed by atoms with E-state index >= 15 is 0 Å². The zero-order chi connectivity index (χ0) is 36.3. The van der Waals surface area contributed by atoms with Crippen LogP contribution in [0.2, 0.25) is 0 Å². The predicted octanol–water partition coefficient (Wildman–Crippen LogP) is 15.6. The lowest BCUT2D eigenvalue weighted by atomic mass is 9.98. The molecule has 0 N–H and O–H groups in total. The average Bonchev–Trinajstić information content (AvgIpc) is 3.83. The minimum atomic E-state index is 0.904. The Morgan fingerprint density at radius 3 is 1.73 bits per heavy atom. The van der Waals surface area contributed by atoms with Crippen molar-refractivity contribution in [3.05, 3.63) is 200 Å². The SMILES string of the molecule is c1cc(-c2ccc3ccccc3c2)cc(N(c2ccc(-c3cccc4oc5ccccc5c34)cc2)c2ccc(-c3cccc4sc5ccccc5c34)cc2)c1. The summed E-state index contributed by atoms with van der Waals surface area (Å²) in [6.45, 7) is 0. The summed E-state index contributed by atoms with van der Waals surface area (Å²) in [4.78, 5) is 2.37. The van der Waals surface area contributed by atoms with Crippen LogP contribution in [-0.2, 0) is 0 Å². The summed E-state index contributed by atoms with van der Waals surface area (Å²) in [6, 6.07) is 72.2. The molecule has 0 spiro atoms. The molecule has 2 aromatic heterocycles. The van der Waals surface area contributed by atoms with Crippen molar-refractivity contribution in [3.8, 4) is 33.4 Å². The van der Waals surface area contributed by atoms with Crippen LogP contribution in [-0.4, -0.2) is 0 Å². The summed E-state index contributed by atoms with van der Waals surface area (Å²) in [5.74, 6) is 0. The van der Waals surface area contributed by atoms with Gasteiger partial charge in [0.2, 0.25) is 0 Å². The molecule has 0 unspecified atom stereocenters. The molecule has 0 aliphatic carbocycles. The van der Waals surface area contributed by atoms with Crippen molar-refractivity contribution in [2.75, 3.05) is 4.90 Å². The zero-order valence-electron chi connectivity index (χ0n) is 29.8. The molecule has 0 amide bonds. The van der Waals surface area contributed by atoms with Gasteiger partial charge in [0.25, 0.3) is 0 Å². The van der Waals surface area contributed by atoms with Crippen LogP contribution in [0.5, 0.6) is 0 Å². The van der Waals surface area contributed by atoms with E-state index in [1.807, 2.05) is 23.5 Å². The summed E-state index contributed by atoms with van der Waals surface area (Å²) in [5, 5.41) is 7.40. The monoisotopic (exact) mass is 719 g/mol. The maximum absolute atomic E-state index is 6.24. The maximum atomic E-state index is 6.24. The van der Waals surface area contributed by atoms with Gasteiger partial charge in [0.1, 0.15) is 11.2 Å². The molecule has 3 heteroatoms. The largest absolute Gasteiger partial charge is 0.456 e. The van der Waals surface area contributed by atoms with Crippen LogP contribution in [0.3, 0.4) is 0 Å². The average molecular weight is 720 g/mol. The minimum Gasteiger partial charge on any atom is -0.456 e. The van der Waals surface area contributed by atoms with Gasteiger partial charge in [-0.2, -0.15) is 0 Å². The topological polar surface area (TPSA) is 16.4 Å². The lowest BCUT2D eigenvalue weighted by molar-refractivity contribution is 0.669. The number of thiophene rings is 1. The van der Waals surface area contributed by atoms with E-state index in [2.05, 4.69) is 193 Å². The number of para-hydroxylation sites is 1. The highest BCUT2D eigenvalue weighted by Gasteiger charge is 2.17. The number of benzene rings is 9. The number of nitrogens with zero attached hydrogens (tertiary/aromatic N) is 1. The van der Waals surface area contributed by atoms with Crippen molar-refractivity contribution in [1.29, 1.82) is 0 Å². The Labute approximate surface area is 322 Å². The Hall–Kier alpha value is -6.94. The van der Waals surface area contributed by atoms with Crippen molar-refractivity contribution in [3.63, 3.8) is 0 Å². The van der Waals surface area contributed by atoms with Crippen molar-refractivity contribution < 1.29 is 4.42 Å². The van der Waals surface area contributed by atoms with Gasteiger partial charge < -0.3 is 9.32 Å². The molecule has 11 rings (SSSR count). The fourth-order valence-corrected chi connectivity index (χ4v) is 9.38. The lowest BCUT2D eigenvalue weighted by Gasteiger charge is -2.26. The summed E-state index contributed by atoms with van der Waals surface area (Å²) in [7, 11) is 0. The molecule has 2 heterocycles. The van der Waals surface area contributed by atoms with Gasteiger partial charge in [-0.3, -0.25) is 0 Å². The molecule has 11 aromatic rings. The first kappa shape index (κ1) is 31.6. The van der Waals surface area contributed by atoms with E-state index in [0.717, 1.165) is 44.6 Å². The molecule has 258 valence electrons. The summed E-state index contributed by atoms with van der Waals surface area (Å²) in [6.07, 6.45) is 0. The third-order valence-corrected chi connectivity index (χ3v) is 12.0. The van der Waals surface area contributed by atoms with Crippen molar-refractivity contribution in [2.45, 2.75) is 0 Å². The van der Waals surface area contributed by atoms with Crippen LogP contribution < -0.4 is 4.90 Å². The molecule has 0 saturated carbocycles. The van der Waals surface area contributed by atoms with Gasteiger partial charge in [-0.25, -0.2) is 0 Å². The molecule has 0 fully saturated rings. The summed E-state index contributed by atoms with van der Waals surface area (Å²) in [5.41, 5.74) is 12.2. The second-order valence-electron chi connectivity index (χ2n) is 14.1. The van der Waals surface area contributed by atoms with Crippen LogP contribution >= 0.6 is 11.3 Å². The Bertz CT molecular complexity index is 3050. The maximum Gasteiger partial charge on any atom is 0.136 e. The third kappa shape index (κ3) is 5.40. The second-order valence-corrected chi connectivity index (χ2v) is 15.2. The smallest absolute Gasteiger partial charge is 0.136 e. The number of rotatable bonds is 6. The minimum absolute atomic E-state index is 0.904. The first-order valence-electron chi connectivity index (χ1n) is 18.7. The first-order valence-corrected chi connectivity index (χ1v) is 19.5. The van der Waals surface area contributed by atoms with Crippen LogP contribution in [0.25, 0.3) is 86.3 Å². The molecule has 9 aromatic carbocycles. The van der Waals surface area contributed by atoms with Gasteiger partial charge in [-0.15, -0.1) is 11.3 Å². The molecule has 0 saturated heterocycles.